The average molecular weight is 633 g/mol. The van der Waals surface area contributed by atoms with Crippen molar-refractivity contribution in [2.24, 2.45) is 0 Å². The van der Waals surface area contributed by atoms with Crippen molar-refractivity contribution in [2.75, 3.05) is 54.9 Å². The van der Waals surface area contributed by atoms with Crippen LogP contribution in [0.25, 0.3) is 0 Å². The fraction of sp³-hybridized carbons (Fsp3) is 0.219. The maximum atomic E-state index is 14.4. The molecule has 0 aliphatic carbocycles. The zero-order valence-electron chi connectivity index (χ0n) is 24.0. The Morgan fingerprint density at radius 2 is 1.38 bits per heavy atom. The topological polar surface area (TPSA) is 119 Å². The third kappa shape index (κ3) is 5.91. The second kappa shape index (κ2) is 11.8. The van der Waals surface area contributed by atoms with Gasteiger partial charge in [-0.25, -0.2) is 17.5 Å². The number of carbonyl (C=O) groups is 1. The molecule has 1 fully saturated rings. The van der Waals surface area contributed by atoms with E-state index in [4.69, 9.17) is 18.9 Å². The molecule has 3 aliphatic rings. The Morgan fingerprint density at radius 1 is 0.733 bits per heavy atom. The van der Waals surface area contributed by atoms with Gasteiger partial charge in [0, 0.05) is 44.0 Å². The van der Waals surface area contributed by atoms with E-state index in [0.717, 1.165) is 0 Å². The number of rotatable bonds is 8. The molecular weight excluding hydrogens is 603 g/mol. The van der Waals surface area contributed by atoms with E-state index in [-0.39, 0.29) is 30.8 Å². The predicted molar refractivity (Wildman–Crippen MR) is 164 cm³/mol. The third-order valence-corrected chi connectivity index (χ3v) is 9.29. The van der Waals surface area contributed by atoms with Gasteiger partial charge in [-0.1, -0.05) is 18.2 Å². The van der Waals surface area contributed by atoms with Crippen LogP contribution < -0.4 is 38.8 Å². The van der Waals surface area contributed by atoms with Gasteiger partial charge in [-0.15, -0.1) is 0 Å². The molecule has 3 aliphatic heterocycles. The number of para-hydroxylation sites is 1. The summed E-state index contributed by atoms with van der Waals surface area (Å²) >= 11 is 0. The summed E-state index contributed by atoms with van der Waals surface area (Å²) in [6.45, 7) is 2.11. The van der Waals surface area contributed by atoms with Gasteiger partial charge in [0.15, 0.2) is 23.0 Å². The van der Waals surface area contributed by atoms with Crippen LogP contribution >= 0.6 is 0 Å². The molecule has 13 heteroatoms. The van der Waals surface area contributed by atoms with E-state index in [2.05, 4.69) is 10.0 Å². The summed E-state index contributed by atoms with van der Waals surface area (Å²) in [5.74, 6) is 1.43. The highest BCUT2D eigenvalue weighted by Crippen LogP contribution is 2.35. The van der Waals surface area contributed by atoms with Crippen LogP contribution in [0.3, 0.4) is 0 Å². The number of hydrogen-bond donors (Lipinski definition) is 2. The van der Waals surface area contributed by atoms with E-state index in [1.54, 1.807) is 66.7 Å². The quantitative estimate of drug-likeness (QED) is 0.293. The van der Waals surface area contributed by atoms with E-state index in [1.807, 2.05) is 9.80 Å². The normalized spacial score (nSPS) is 15.3. The molecule has 4 aromatic rings. The molecule has 0 aromatic heterocycles. The summed E-state index contributed by atoms with van der Waals surface area (Å²) in [5.41, 5.74) is 2.31. The smallest absolute Gasteiger partial charge is 0.255 e. The fourth-order valence-corrected chi connectivity index (χ4v) is 6.78. The minimum Gasteiger partial charge on any atom is -0.454 e. The molecule has 0 bridgehead atoms. The van der Waals surface area contributed by atoms with Gasteiger partial charge in [0.2, 0.25) is 23.6 Å². The summed E-state index contributed by atoms with van der Waals surface area (Å²) in [6.07, 6.45) is 0. The number of nitrogens with zero attached hydrogens (tertiary/aromatic N) is 2. The number of piperazine rings is 1. The molecule has 1 saturated heterocycles. The second-order valence-electron chi connectivity index (χ2n) is 10.6. The Hall–Kier alpha value is -5.01. The Bertz CT molecular complexity index is 1880. The van der Waals surface area contributed by atoms with Crippen LogP contribution in [0, 0.1) is 5.82 Å². The van der Waals surface area contributed by atoms with Crippen molar-refractivity contribution in [3.8, 4) is 23.0 Å². The number of sulfonamides is 1. The minimum absolute atomic E-state index is 0.00562. The van der Waals surface area contributed by atoms with Crippen LogP contribution in [0.4, 0.5) is 21.5 Å². The first kappa shape index (κ1) is 28.7. The SMILES string of the molecule is O=C(Nc1ccc(N2CCN(c3ccccc3F)CC2)c(S(=O)(=O)NCc2ccc3c(c2)OCO3)c1)c1ccc2c(c1)OCO2. The van der Waals surface area contributed by atoms with Crippen LogP contribution in [-0.2, 0) is 16.6 Å². The van der Waals surface area contributed by atoms with Crippen molar-refractivity contribution in [1.82, 2.24) is 4.72 Å². The highest BCUT2D eigenvalue weighted by Gasteiger charge is 2.27. The first-order valence-corrected chi connectivity index (χ1v) is 15.8. The van der Waals surface area contributed by atoms with Crippen molar-refractivity contribution < 1.29 is 36.6 Å². The van der Waals surface area contributed by atoms with Gasteiger partial charge in [0.05, 0.1) is 11.4 Å². The van der Waals surface area contributed by atoms with E-state index in [1.165, 1.54) is 12.1 Å². The van der Waals surface area contributed by atoms with Gasteiger partial charge in [-0.2, -0.15) is 0 Å². The molecular formula is C32H29FN4O7S. The van der Waals surface area contributed by atoms with E-state index in [0.29, 0.717) is 77.4 Å². The van der Waals surface area contributed by atoms with Crippen LogP contribution in [0.1, 0.15) is 15.9 Å². The van der Waals surface area contributed by atoms with Crippen LogP contribution in [0.5, 0.6) is 23.0 Å². The number of carbonyl (C=O) groups excluding carboxylic acids is 1. The molecule has 0 radical (unpaired) electrons. The summed E-state index contributed by atoms with van der Waals surface area (Å²) in [5, 5.41) is 2.80. The lowest BCUT2D eigenvalue weighted by Crippen LogP contribution is -2.47. The van der Waals surface area contributed by atoms with Gasteiger partial charge < -0.3 is 34.1 Å². The van der Waals surface area contributed by atoms with Gasteiger partial charge >= 0.3 is 0 Å². The number of amides is 1. The molecule has 0 saturated carbocycles. The summed E-state index contributed by atoms with van der Waals surface area (Å²) in [7, 11) is -4.08. The number of fused-ring (bicyclic) bond motifs is 2. The first-order chi connectivity index (χ1) is 21.8. The average Bonchev–Trinajstić information content (AvgIpc) is 3.73. The molecule has 1 amide bonds. The van der Waals surface area contributed by atoms with E-state index < -0.39 is 15.9 Å². The molecule has 45 heavy (non-hydrogen) atoms. The molecule has 0 unspecified atom stereocenters. The fourth-order valence-electron chi connectivity index (χ4n) is 5.51. The zero-order chi connectivity index (χ0) is 31.0. The third-order valence-electron chi connectivity index (χ3n) is 7.86. The van der Waals surface area contributed by atoms with E-state index >= 15 is 0 Å². The van der Waals surface area contributed by atoms with Gasteiger partial charge in [-0.05, 0) is 66.2 Å². The summed E-state index contributed by atoms with van der Waals surface area (Å²) in [4.78, 5) is 17.0. The van der Waals surface area contributed by atoms with Crippen LogP contribution in [0.2, 0.25) is 0 Å². The van der Waals surface area contributed by atoms with Gasteiger partial charge in [-0.3, -0.25) is 4.79 Å². The van der Waals surface area contributed by atoms with E-state index in [9.17, 15) is 17.6 Å². The molecule has 11 nitrogen and oxygen atoms in total. The molecule has 2 N–H and O–H groups in total. The lowest BCUT2D eigenvalue weighted by atomic mass is 10.1. The number of halogens is 1. The summed E-state index contributed by atoms with van der Waals surface area (Å²) in [6, 6.07) is 21.5. The Kier molecular flexibility index (Phi) is 7.55. The number of ether oxygens (including phenoxy) is 4. The Morgan fingerprint density at radius 3 is 2.11 bits per heavy atom. The van der Waals surface area contributed by atoms with Crippen molar-refractivity contribution in [3.63, 3.8) is 0 Å². The lowest BCUT2D eigenvalue weighted by Gasteiger charge is -2.38. The molecule has 232 valence electrons. The van der Waals surface area contributed by atoms with Crippen molar-refractivity contribution in [1.29, 1.82) is 0 Å². The highest BCUT2D eigenvalue weighted by atomic mass is 32.2. The molecule has 0 spiro atoms. The van der Waals surface area contributed by atoms with Crippen LogP contribution in [0.15, 0.2) is 83.8 Å². The van der Waals surface area contributed by atoms with Crippen molar-refractivity contribution in [3.05, 3.63) is 95.8 Å². The van der Waals surface area contributed by atoms with Gasteiger partial charge in [0.25, 0.3) is 5.91 Å². The molecule has 0 atom stereocenters. The maximum Gasteiger partial charge on any atom is 0.255 e. The monoisotopic (exact) mass is 632 g/mol. The number of benzene rings is 4. The number of hydrogen-bond acceptors (Lipinski definition) is 9. The second-order valence-corrected chi connectivity index (χ2v) is 12.4. The number of nitrogens with one attached hydrogen (secondary N) is 2. The Labute approximate surface area is 259 Å². The van der Waals surface area contributed by atoms with Crippen LogP contribution in [-0.4, -0.2) is 54.1 Å². The standard InChI is InChI=1S/C32H29FN4O7S/c33-24-3-1-2-4-25(24)36-11-13-37(14-12-36)26-8-7-23(35-32(38)22-6-10-28-30(16-22)44-20-42-28)17-31(26)45(39,40)34-18-21-5-9-27-29(15-21)43-19-41-27/h1-10,15-17,34H,11-14,18-20H2,(H,35,38). The first-order valence-electron chi connectivity index (χ1n) is 14.3. The number of anilines is 3. The largest absolute Gasteiger partial charge is 0.454 e. The van der Waals surface area contributed by atoms with Crippen molar-refractivity contribution >= 4 is 33.0 Å². The minimum atomic E-state index is -4.08. The maximum absolute atomic E-state index is 14.4. The summed E-state index contributed by atoms with van der Waals surface area (Å²) < 4.78 is 66.4. The Balaban J connectivity index is 1.14. The molecule has 7 rings (SSSR count). The van der Waals surface area contributed by atoms with Crippen molar-refractivity contribution in [2.45, 2.75) is 11.4 Å². The van der Waals surface area contributed by atoms with Gasteiger partial charge in [0.1, 0.15) is 10.7 Å². The zero-order valence-corrected chi connectivity index (χ0v) is 24.8. The predicted octanol–water partition coefficient (Wildman–Crippen LogP) is 4.34. The highest BCUT2D eigenvalue weighted by molar-refractivity contribution is 7.89. The molecule has 4 aromatic carbocycles. The lowest BCUT2D eigenvalue weighted by molar-refractivity contribution is 0.102. The molecule has 3 heterocycles.